The van der Waals surface area contributed by atoms with Crippen LogP contribution in [0.25, 0.3) is 0 Å². The van der Waals surface area contributed by atoms with Gasteiger partial charge in [-0.1, -0.05) is 0 Å². The highest BCUT2D eigenvalue weighted by Gasteiger charge is 2.01. The van der Waals surface area contributed by atoms with Gasteiger partial charge in [0.05, 0.1) is 5.75 Å². The molecule has 1 N–H and O–H groups in total. The second-order valence-corrected chi connectivity index (χ2v) is 1.84. The number of H-pyrrole nitrogens is 1. The van der Waals surface area contributed by atoms with Gasteiger partial charge in [-0.3, -0.25) is 4.79 Å². The number of ether oxygens (including phenoxy) is 1. The zero-order valence-corrected chi connectivity index (χ0v) is 5.97. The average molecular weight is 158 g/mol. The molecule has 0 fully saturated rings. The first-order valence-corrected chi connectivity index (χ1v) is 3.27. The van der Waals surface area contributed by atoms with Crippen molar-refractivity contribution in [2.75, 3.05) is 5.75 Å². The van der Waals surface area contributed by atoms with Crippen molar-refractivity contribution < 1.29 is 9.53 Å². The molecule has 1 aromatic rings. The number of hydrogen-bond acceptors (Lipinski definition) is 4. The van der Waals surface area contributed by atoms with E-state index in [4.69, 9.17) is 0 Å². The van der Waals surface area contributed by atoms with E-state index in [0.29, 0.717) is 0 Å². The Hall–Kier alpha value is -0.970. The first kappa shape index (κ1) is 7.14. The number of thiol groups is 1. The summed E-state index contributed by atoms with van der Waals surface area (Å²) in [4.78, 5) is 16.8. The molecule has 4 nitrogen and oxygen atoms in total. The highest BCUT2D eigenvalue weighted by atomic mass is 32.1. The van der Waals surface area contributed by atoms with E-state index in [9.17, 15) is 4.79 Å². The van der Waals surface area contributed by atoms with E-state index in [2.05, 4.69) is 27.3 Å². The molecule has 0 saturated carbocycles. The van der Waals surface area contributed by atoms with E-state index in [1.165, 1.54) is 6.20 Å². The van der Waals surface area contributed by atoms with Crippen molar-refractivity contribution in [3.63, 3.8) is 0 Å². The van der Waals surface area contributed by atoms with E-state index >= 15 is 0 Å². The van der Waals surface area contributed by atoms with Gasteiger partial charge in [0.15, 0.2) is 0 Å². The Labute approximate surface area is 63.0 Å². The lowest BCUT2D eigenvalue weighted by Gasteiger charge is -1.94. The van der Waals surface area contributed by atoms with Crippen LogP contribution in [0.4, 0.5) is 0 Å². The van der Waals surface area contributed by atoms with Gasteiger partial charge in [-0.2, -0.15) is 12.6 Å². The Balaban J connectivity index is 2.48. The van der Waals surface area contributed by atoms with Gasteiger partial charge in [-0.05, 0) is 0 Å². The average Bonchev–Trinajstić information content (AvgIpc) is 2.40. The van der Waals surface area contributed by atoms with Crippen LogP contribution in [-0.2, 0) is 4.79 Å². The minimum absolute atomic E-state index is 0.0562. The number of nitrogens with one attached hydrogen (secondary N) is 1. The molecule has 5 heteroatoms. The molecule has 0 bridgehead atoms. The fraction of sp³-hybridized carbons (Fsp3) is 0.200. The molecule has 0 aliphatic rings. The van der Waals surface area contributed by atoms with Crippen LogP contribution in [0.3, 0.4) is 0 Å². The van der Waals surface area contributed by atoms with Crippen LogP contribution in [0, 0.1) is 0 Å². The van der Waals surface area contributed by atoms with Gasteiger partial charge in [0.1, 0.15) is 0 Å². The number of esters is 1. The number of imidazole rings is 1. The third kappa shape index (κ3) is 1.77. The lowest BCUT2D eigenvalue weighted by Crippen LogP contribution is -2.09. The van der Waals surface area contributed by atoms with E-state index in [1.807, 2.05) is 0 Å². The van der Waals surface area contributed by atoms with Gasteiger partial charge < -0.3 is 9.72 Å². The van der Waals surface area contributed by atoms with Gasteiger partial charge in [-0.15, -0.1) is 0 Å². The number of aromatic nitrogens is 2. The van der Waals surface area contributed by atoms with Crippen LogP contribution < -0.4 is 4.74 Å². The van der Waals surface area contributed by atoms with Gasteiger partial charge in [0.2, 0.25) is 0 Å². The normalized spacial score (nSPS) is 9.30. The van der Waals surface area contributed by atoms with Crippen molar-refractivity contribution in [2.24, 2.45) is 0 Å². The molecule has 0 saturated heterocycles. The topological polar surface area (TPSA) is 55.0 Å². The summed E-state index contributed by atoms with van der Waals surface area (Å²) in [6.45, 7) is 0. The minimum Gasteiger partial charge on any atom is -0.392 e. The molecular weight excluding hydrogens is 152 g/mol. The fourth-order valence-corrected chi connectivity index (χ4v) is 0.511. The molecule has 0 aromatic carbocycles. The van der Waals surface area contributed by atoms with Gasteiger partial charge in [-0.25, -0.2) is 4.98 Å². The molecule has 0 aliphatic heterocycles. The Kier molecular flexibility index (Phi) is 2.33. The highest BCUT2D eigenvalue weighted by Crippen LogP contribution is 1.98. The van der Waals surface area contributed by atoms with Gasteiger partial charge in [0, 0.05) is 12.4 Å². The third-order valence-corrected chi connectivity index (χ3v) is 1.07. The van der Waals surface area contributed by atoms with E-state index < -0.39 is 5.97 Å². The predicted molar refractivity (Wildman–Crippen MR) is 38.1 cm³/mol. The summed E-state index contributed by atoms with van der Waals surface area (Å²) in [5.74, 6) is -0.362. The number of nitrogens with zero attached hydrogens (tertiary/aromatic N) is 1. The van der Waals surface area contributed by atoms with Crippen molar-refractivity contribution in [2.45, 2.75) is 0 Å². The van der Waals surface area contributed by atoms with Crippen LogP contribution in [0.5, 0.6) is 6.01 Å². The predicted octanol–water partition coefficient (Wildman–Crippen LogP) is 0.245. The lowest BCUT2D eigenvalue weighted by molar-refractivity contribution is -0.131. The maximum Gasteiger partial charge on any atom is 0.323 e. The summed E-state index contributed by atoms with van der Waals surface area (Å²) in [5, 5.41) is 0. The van der Waals surface area contributed by atoms with Gasteiger partial charge >= 0.3 is 12.0 Å². The molecule has 10 heavy (non-hydrogen) atoms. The summed E-state index contributed by atoms with van der Waals surface area (Å²) in [6.07, 6.45) is 3.07. The maximum atomic E-state index is 10.5. The fourth-order valence-electron chi connectivity index (χ4n) is 0.447. The summed E-state index contributed by atoms with van der Waals surface area (Å²) in [7, 11) is 0. The van der Waals surface area contributed by atoms with E-state index in [-0.39, 0.29) is 11.8 Å². The monoisotopic (exact) mass is 158 g/mol. The van der Waals surface area contributed by atoms with Crippen molar-refractivity contribution >= 4 is 18.6 Å². The first-order chi connectivity index (χ1) is 4.83. The zero-order valence-electron chi connectivity index (χ0n) is 5.07. The Morgan fingerprint density at radius 3 is 3.20 bits per heavy atom. The Morgan fingerprint density at radius 2 is 2.70 bits per heavy atom. The van der Waals surface area contributed by atoms with E-state index in [1.54, 1.807) is 6.20 Å². The number of rotatable bonds is 2. The second kappa shape index (κ2) is 3.26. The summed E-state index contributed by atoms with van der Waals surface area (Å²) in [5.41, 5.74) is 0. The van der Waals surface area contributed by atoms with Crippen LogP contribution in [0.15, 0.2) is 12.4 Å². The number of carbonyl (C=O) groups is 1. The molecule has 0 aliphatic carbocycles. The van der Waals surface area contributed by atoms with Crippen LogP contribution in [0.1, 0.15) is 0 Å². The highest BCUT2D eigenvalue weighted by molar-refractivity contribution is 7.81. The smallest absolute Gasteiger partial charge is 0.323 e. The van der Waals surface area contributed by atoms with Crippen LogP contribution in [-0.4, -0.2) is 21.7 Å². The molecule has 1 heterocycles. The molecule has 54 valence electrons. The molecule has 0 spiro atoms. The standard InChI is InChI=1S/C5H6N2O2S/c8-4(3-10)9-5-6-1-2-7-5/h1-2,10H,3H2,(H,6,7). The number of carbonyl (C=O) groups excluding carboxylic acids is 1. The van der Waals surface area contributed by atoms with Crippen LogP contribution in [0.2, 0.25) is 0 Å². The number of hydrogen-bond donors (Lipinski definition) is 2. The zero-order chi connectivity index (χ0) is 7.40. The van der Waals surface area contributed by atoms with Crippen LogP contribution >= 0.6 is 12.6 Å². The molecule has 0 unspecified atom stereocenters. The van der Waals surface area contributed by atoms with Crippen molar-refractivity contribution in [3.05, 3.63) is 12.4 Å². The minimum atomic E-state index is -0.418. The summed E-state index contributed by atoms with van der Waals surface area (Å²) in [6, 6.07) is 0.207. The van der Waals surface area contributed by atoms with Crippen molar-refractivity contribution in [3.8, 4) is 6.01 Å². The largest absolute Gasteiger partial charge is 0.392 e. The molecule has 0 radical (unpaired) electrons. The van der Waals surface area contributed by atoms with Gasteiger partial charge in [0.25, 0.3) is 0 Å². The third-order valence-electron chi connectivity index (χ3n) is 0.813. The Morgan fingerprint density at radius 1 is 1.90 bits per heavy atom. The molecular formula is C5H6N2O2S. The van der Waals surface area contributed by atoms with Crippen molar-refractivity contribution in [1.29, 1.82) is 0 Å². The van der Waals surface area contributed by atoms with Crippen molar-refractivity contribution in [1.82, 2.24) is 9.97 Å². The molecule has 0 atom stereocenters. The Bertz CT molecular complexity index is 209. The first-order valence-electron chi connectivity index (χ1n) is 2.64. The molecule has 1 aromatic heterocycles. The second-order valence-electron chi connectivity index (χ2n) is 1.53. The molecule has 0 amide bonds. The maximum absolute atomic E-state index is 10.5. The number of aromatic amines is 1. The SMILES string of the molecule is O=C(CS)Oc1ncc[nH]1. The van der Waals surface area contributed by atoms with E-state index in [0.717, 1.165) is 0 Å². The lowest BCUT2D eigenvalue weighted by atomic mass is 10.8. The quantitative estimate of drug-likeness (QED) is 0.479. The summed E-state index contributed by atoms with van der Waals surface area (Å²) >= 11 is 3.71. The molecule has 1 rings (SSSR count). The summed E-state index contributed by atoms with van der Waals surface area (Å²) < 4.78 is 4.62.